The van der Waals surface area contributed by atoms with Crippen LogP contribution in [0, 0.1) is 0 Å². The number of nitrogens with zero attached hydrogens (tertiary/aromatic N) is 2. The molecule has 2 N–H and O–H groups in total. The van der Waals surface area contributed by atoms with Crippen LogP contribution in [0.15, 0.2) is 52.4 Å². The van der Waals surface area contributed by atoms with Gasteiger partial charge in [0.2, 0.25) is 5.91 Å². The summed E-state index contributed by atoms with van der Waals surface area (Å²) in [6.07, 6.45) is 1.64. The van der Waals surface area contributed by atoms with E-state index in [4.69, 9.17) is 23.2 Å². The number of likely N-dealkylation sites (N-methyl/N-ethyl adjacent to an activating group) is 1. The normalized spacial score (nSPS) is 13.5. The summed E-state index contributed by atoms with van der Waals surface area (Å²) in [5, 5.41) is 6.35. The van der Waals surface area contributed by atoms with Gasteiger partial charge in [-0.2, -0.15) is 0 Å². The van der Waals surface area contributed by atoms with E-state index in [0.29, 0.717) is 25.9 Å². The van der Waals surface area contributed by atoms with Gasteiger partial charge in [-0.1, -0.05) is 53.5 Å². The molecule has 0 unspecified atom stereocenters. The Morgan fingerprint density at radius 3 is 2.64 bits per heavy atom. The predicted molar refractivity (Wildman–Crippen MR) is 133 cm³/mol. The highest BCUT2D eigenvalue weighted by Crippen LogP contribution is 2.29. The molecule has 0 aliphatic carbocycles. The molecule has 2 aromatic rings. The van der Waals surface area contributed by atoms with Gasteiger partial charge in [0.25, 0.3) is 0 Å². The minimum atomic E-state index is -3.61. The van der Waals surface area contributed by atoms with E-state index in [-0.39, 0.29) is 26.7 Å². The number of aliphatic imine (C=N–C) groups is 1. The number of rotatable bonds is 11. The van der Waals surface area contributed by atoms with E-state index in [1.54, 1.807) is 18.0 Å². The summed E-state index contributed by atoms with van der Waals surface area (Å²) in [7, 11) is -1.83. The van der Waals surface area contributed by atoms with Gasteiger partial charge in [-0.3, -0.25) is 9.79 Å². The van der Waals surface area contributed by atoms with Crippen LogP contribution in [-0.4, -0.2) is 64.2 Å². The second kappa shape index (κ2) is 11.8. The van der Waals surface area contributed by atoms with Crippen molar-refractivity contribution < 1.29 is 13.2 Å². The van der Waals surface area contributed by atoms with Crippen molar-refractivity contribution in [1.29, 1.82) is 0 Å². The highest BCUT2D eigenvalue weighted by atomic mass is 35.5. The number of sulfone groups is 1. The van der Waals surface area contributed by atoms with Crippen LogP contribution in [0.4, 0.5) is 0 Å². The molecule has 1 aliphatic rings. The largest absolute Gasteiger partial charge is 0.368 e. The lowest BCUT2D eigenvalue weighted by atomic mass is 10.1. The number of amidine groups is 1. The van der Waals surface area contributed by atoms with Crippen LogP contribution in [0.1, 0.15) is 24.0 Å². The van der Waals surface area contributed by atoms with Gasteiger partial charge >= 0.3 is 0 Å². The van der Waals surface area contributed by atoms with Crippen molar-refractivity contribution in [2.75, 3.05) is 39.1 Å². The maximum Gasteiger partial charge on any atom is 0.222 e. The van der Waals surface area contributed by atoms with Crippen molar-refractivity contribution in [3.63, 3.8) is 0 Å². The van der Waals surface area contributed by atoms with E-state index in [1.807, 2.05) is 12.1 Å². The van der Waals surface area contributed by atoms with E-state index < -0.39 is 9.84 Å². The SMILES string of the molecule is CN(CCc1ccc(C2=NCCN2)cc1)C(=O)CCCNCS(=O)(=O)c1cccc(Cl)c1Cl. The van der Waals surface area contributed by atoms with Crippen LogP contribution < -0.4 is 10.6 Å². The number of halogens is 2. The van der Waals surface area contributed by atoms with E-state index >= 15 is 0 Å². The van der Waals surface area contributed by atoms with Gasteiger partial charge < -0.3 is 15.5 Å². The molecule has 1 amide bonds. The zero-order valence-electron chi connectivity index (χ0n) is 18.5. The first kappa shape index (κ1) is 25.5. The number of amides is 1. The summed E-state index contributed by atoms with van der Waals surface area (Å²) >= 11 is 11.9. The van der Waals surface area contributed by atoms with Gasteiger partial charge in [0.05, 0.1) is 21.5 Å². The van der Waals surface area contributed by atoms with Crippen LogP contribution in [0.3, 0.4) is 0 Å². The van der Waals surface area contributed by atoms with Gasteiger partial charge in [-0.25, -0.2) is 8.42 Å². The fraction of sp³-hybridized carbons (Fsp3) is 0.391. The first-order valence-corrected chi connectivity index (χ1v) is 13.2. The van der Waals surface area contributed by atoms with E-state index in [0.717, 1.165) is 36.5 Å². The summed E-state index contributed by atoms with van der Waals surface area (Å²) in [6.45, 7) is 2.71. The average molecular weight is 511 g/mol. The maximum absolute atomic E-state index is 12.4. The summed E-state index contributed by atoms with van der Waals surface area (Å²) in [6, 6.07) is 12.7. The second-order valence-electron chi connectivity index (χ2n) is 7.83. The van der Waals surface area contributed by atoms with Gasteiger partial charge in [0.15, 0.2) is 9.84 Å². The van der Waals surface area contributed by atoms with Crippen molar-refractivity contribution in [2.45, 2.75) is 24.2 Å². The Kier molecular flexibility index (Phi) is 9.14. The van der Waals surface area contributed by atoms with Crippen LogP contribution in [-0.2, 0) is 21.1 Å². The number of nitrogens with one attached hydrogen (secondary N) is 2. The topological polar surface area (TPSA) is 90.9 Å². The van der Waals surface area contributed by atoms with Gasteiger partial charge in [-0.05, 0) is 37.1 Å². The molecule has 0 saturated carbocycles. The smallest absolute Gasteiger partial charge is 0.222 e. The Bertz CT molecular complexity index is 1110. The Hall–Kier alpha value is -2.13. The number of benzene rings is 2. The van der Waals surface area contributed by atoms with Crippen LogP contribution in [0.5, 0.6) is 0 Å². The van der Waals surface area contributed by atoms with Crippen molar-refractivity contribution in [1.82, 2.24) is 15.5 Å². The molecule has 0 bridgehead atoms. The third kappa shape index (κ3) is 7.17. The van der Waals surface area contributed by atoms with E-state index in [1.165, 1.54) is 12.1 Å². The molecule has 10 heteroatoms. The lowest BCUT2D eigenvalue weighted by Crippen LogP contribution is -2.30. The molecule has 1 heterocycles. The Labute approximate surface area is 205 Å². The van der Waals surface area contributed by atoms with Crippen molar-refractivity contribution in [3.8, 4) is 0 Å². The molecule has 178 valence electrons. The number of hydrogen-bond acceptors (Lipinski definition) is 6. The number of hydrogen-bond donors (Lipinski definition) is 2. The summed E-state index contributed by atoms with van der Waals surface area (Å²) in [5.74, 6) is 0.694. The second-order valence-corrected chi connectivity index (χ2v) is 10.6. The maximum atomic E-state index is 12.4. The zero-order chi connectivity index (χ0) is 23.8. The average Bonchev–Trinajstić information content (AvgIpc) is 3.34. The van der Waals surface area contributed by atoms with Crippen molar-refractivity contribution >= 4 is 44.8 Å². The van der Waals surface area contributed by atoms with Crippen LogP contribution in [0.25, 0.3) is 0 Å². The zero-order valence-corrected chi connectivity index (χ0v) is 20.8. The minimum Gasteiger partial charge on any atom is -0.368 e. The molecule has 2 aromatic carbocycles. The molecular weight excluding hydrogens is 483 g/mol. The summed E-state index contributed by atoms with van der Waals surface area (Å²) in [5.41, 5.74) is 2.23. The van der Waals surface area contributed by atoms with Crippen LogP contribution >= 0.6 is 23.2 Å². The van der Waals surface area contributed by atoms with Gasteiger partial charge in [0, 0.05) is 32.1 Å². The predicted octanol–water partition coefficient (Wildman–Crippen LogP) is 3.15. The molecule has 0 spiro atoms. The van der Waals surface area contributed by atoms with Gasteiger partial charge in [0.1, 0.15) is 11.7 Å². The quantitative estimate of drug-likeness (QED) is 0.453. The summed E-state index contributed by atoms with van der Waals surface area (Å²) < 4.78 is 24.9. The van der Waals surface area contributed by atoms with Gasteiger partial charge in [-0.15, -0.1) is 0 Å². The molecule has 3 rings (SSSR count). The van der Waals surface area contributed by atoms with E-state index in [9.17, 15) is 13.2 Å². The van der Waals surface area contributed by atoms with E-state index in [2.05, 4.69) is 27.8 Å². The monoisotopic (exact) mass is 510 g/mol. The fourth-order valence-corrected chi connectivity index (χ4v) is 5.35. The molecule has 0 aromatic heterocycles. The fourth-order valence-electron chi connectivity index (χ4n) is 3.41. The third-order valence-electron chi connectivity index (χ3n) is 5.35. The molecule has 1 aliphatic heterocycles. The Balaban J connectivity index is 1.36. The minimum absolute atomic E-state index is 0.000465. The third-order valence-corrected chi connectivity index (χ3v) is 7.88. The first-order chi connectivity index (χ1) is 15.8. The number of carbonyl (C=O) groups is 1. The molecule has 0 saturated heterocycles. The summed E-state index contributed by atoms with van der Waals surface area (Å²) in [4.78, 5) is 18.5. The number of carbonyl (C=O) groups excluding carboxylic acids is 1. The Morgan fingerprint density at radius 2 is 1.94 bits per heavy atom. The molecule has 0 radical (unpaired) electrons. The molecule has 0 fully saturated rings. The molecule has 7 nitrogen and oxygen atoms in total. The Morgan fingerprint density at radius 1 is 1.18 bits per heavy atom. The highest BCUT2D eigenvalue weighted by molar-refractivity contribution is 7.91. The highest BCUT2D eigenvalue weighted by Gasteiger charge is 2.19. The molecular formula is C23H28Cl2N4O3S. The molecule has 33 heavy (non-hydrogen) atoms. The standard InChI is InChI=1S/C23H28Cl2N4O3S/c1-29(15-11-17-7-9-18(10-8-17)23-27-13-14-28-23)21(30)6-3-12-26-16-33(31,32)20-5-2-4-19(24)22(20)25/h2,4-5,7-10,26H,3,6,11-16H2,1H3,(H,27,28). The molecule has 0 atom stereocenters. The van der Waals surface area contributed by atoms with Crippen molar-refractivity contribution in [2.24, 2.45) is 4.99 Å². The van der Waals surface area contributed by atoms with Crippen molar-refractivity contribution in [3.05, 3.63) is 63.6 Å². The van der Waals surface area contributed by atoms with Crippen LogP contribution in [0.2, 0.25) is 10.0 Å². The lowest BCUT2D eigenvalue weighted by molar-refractivity contribution is -0.129. The first-order valence-electron chi connectivity index (χ1n) is 10.8. The lowest BCUT2D eigenvalue weighted by Gasteiger charge is -2.17.